The summed E-state index contributed by atoms with van der Waals surface area (Å²) >= 11 is 0. The van der Waals surface area contributed by atoms with Crippen molar-refractivity contribution in [3.63, 3.8) is 0 Å². The van der Waals surface area contributed by atoms with E-state index in [1.165, 1.54) is 12.3 Å². The van der Waals surface area contributed by atoms with Gasteiger partial charge in [-0.15, -0.1) is 0 Å². The summed E-state index contributed by atoms with van der Waals surface area (Å²) in [5, 5.41) is 4.42. The maximum absolute atomic E-state index is 13.3. The Kier molecular flexibility index (Phi) is 4.35. The smallest absolute Gasteiger partial charge is 0.229 e. The van der Waals surface area contributed by atoms with Crippen LogP contribution in [0.3, 0.4) is 0 Å². The van der Waals surface area contributed by atoms with Gasteiger partial charge in [0.1, 0.15) is 5.82 Å². The van der Waals surface area contributed by atoms with E-state index in [4.69, 9.17) is 0 Å². The Morgan fingerprint density at radius 2 is 2.14 bits per heavy atom. The summed E-state index contributed by atoms with van der Waals surface area (Å²) < 4.78 is 14.8. The van der Waals surface area contributed by atoms with Gasteiger partial charge in [-0.05, 0) is 6.42 Å². The van der Waals surface area contributed by atoms with E-state index in [0.29, 0.717) is 12.1 Å². The molecule has 0 aliphatic heterocycles. The molecular weight excluding hydrogens is 271 g/mol. The number of nitrogens with zero attached hydrogens (tertiary/aromatic N) is 4. The summed E-state index contributed by atoms with van der Waals surface area (Å²) in [7, 11) is 1.73. The molecule has 2 aromatic heterocycles. The molecule has 2 rings (SSSR count). The number of pyridine rings is 1. The topological polar surface area (TPSA) is 51.0 Å². The molecule has 0 aromatic carbocycles. The highest BCUT2D eigenvalue weighted by atomic mass is 19.1. The molecule has 0 radical (unpaired) electrons. The Balaban J connectivity index is 2.42. The van der Waals surface area contributed by atoms with Crippen LogP contribution in [0.25, 0.3) is 5.69 Å². The lowest BCUT2D eigenvalue weighted by atomic mass is 10.2. The molecule has 0 N–H and O–H groups in total. The van der Waals surface area contributed by atoms with Gasteiger partial charge >= 0.3 is 0 Å². The molecule has 0 atom stereocenters. The largest absolute Gasteiger partial charge is 0.312 e. The number of carbonyl (C=O) groups excluding carboxylic acids is 1. The van der Waals surface area contributed by atoms with E-state index in [0.717, 1.165) is 17.6 Å². The monoisotopic (exact) mass is 290 g/mol. The number of aryl methyl sites for hydroxylation is 1. The summed E-state index contributed by atoms with van der Waals surface area (Å²) in [6.45, 7) is 5.67. The lowest BCUT2D eigenvalue weighted by Gasteiger charge is -2.18. The number of hydrogen-bond donors (Lipinski definition) is 0. The quantitative estimate of drug-likeness (QED) is 0.869. The lowest BCUT2D eigenvalue weighted by molar-refractivity contribution is -0.121. The summed E-state index contributed by atoms with van der Waals surface area (Å²) in [4.78, 5) is 17.5. The second kappa shape index (κ2) is 6.03. The van der Waals surface area contributed by atoms with Crippen LogP contribution in [0.15, 0.2) is 24.7 Å². The summed E-state index contributed by atoms with van der Waals surface area (Å²) in [6.07, 6.45) is 5.09. The Labute approximate surface area is 123 Å². The third-order valence-electron chi connectivity index (χ3n) is 3.24. The van der Waals surface area contributed by atoms with Crippen LogP contribution in [-0.4, -0.2) is 27.7 Å². The van der Waals surface area contributed by atoms with Crippen molar-refractivity contribution in [2.75, 3.05) is 11.9 Å². The van der Waals surface area contributed by atoms with Gasteiger partial charge < -0.3 is 4.90 Å². The number of amides is 1. The first-order valence-electron chi connectivity index (χ1n) is 6.91. The van der Waals surface area contributed by atoms with Gasteiger partial charge in [-0.1, -0.05) is 20.8 Å². The molecule has 2 aromatic rings. The minimum Gasteiger partial charge on any atom is -0.312 e. The minimum absolute atomic E-state index is 0.0154. The zero-order valence-electron chi connectivity index (χ0n) is 12.7. The van der Waals surface area contributed by atoms with Crippen LogP contribution in [0.4, 0.5) is 10.1 Å². The molecule has 21 heavy (non-hydrogen) atoms. The van der Waals surface area contributed by atoms with E-state index in [-0.39, 0.29) is 11.8 Å². The molecule has 0 saturated carbocycles. The van der Waals surface area contributed by atoms with Gasteiger partial charge in [0.25, 0.3) is 0 Å². The Hall–Kier alpha value is -2.24. The van der Waals surface area contributed by atoms with E-state index in [1.54, 1.807) is 22.8 Å². The molecule has 0 fully saturated rings. The first-order valence-corrected chi connectivity index (χ1v) is 6.91. The first kappa shape index (κ1) is 15.2. The number of anilines is 1. The number of hydrogen-bond acceptors (Lipinski definition) is 3. The van der Waals surface area contributed by atoms with Crippen LogP contribution in [0, 0.1) is 11.7 Å². The van der Waals surface area contributed by atoms with Gasteiger partial charge in [0, 0.05) is 19.0 Å². The fourth-order valence-electron chi connectivity index (χ4n) is 2.10. The van der Waals surface area contributed by atoms with Crippen molar-refractivity contribution in [2.24, 2.45) is 5.92 Å². The van der Waals surface area contributed by atoms with Crippen LogP contribution in [-0.2, 0) is 11.2 Å². The van der Waals surface area contributed by atoms with Crippen LogP contribution >= 0.6 is 0 Å². The van der Waals surface area contributed by atoms with Crippen molar-refractivity contribution in [3.8, 4) is 5.69 Å². The van der Waals surface area contributed by atoms with E-state index >= 15 is 0 Å². The fourth-order valence-corrected chi connectivity index (χ4v) is 2.10. The normalized spacial score (nSPS) is 11.0. The van der Waals surface area contributed by atoms with Gasteiger partial charge in [-0.25, -0.2) is 9.07 Å². The van der Waals surface area contributed by atoms with E-state index in [9.17, 15) is 9.18 Å². The van der Waals surface area contributed by atoms with Crippen molar-refractivity contribution in [1.82, 2.24) is 14.8 Å². The van der Waals surface area contributed by atoms with E-state index < -0.39 is 5.82 Å². The third kappa shape index (κ3) is 3.09. The molecular formula is C15H19FN4O. The zero-order chi connectivity index (χ0) is 15.6. The van der Waals surface area contributed by atoms with Crippen molar-refractivity contribution in [1.29, 1.82) is 0 Å². The Morgan fingerprint density at radius 1 is 1.43 bits per heavy atom. The highest BCUT2D eigenvalue weighted by molar-refractivity contribution is 5.94. The SMILES string of the molecule is CCc1nn(-c2cncc(F)c2)cc1N(C)C(=O)C(C)C. The Bertz CT molecular complexity index is 651. The van der Waals surface area contributed by atoms with Gasteiger partial charge in [-0.2, -0.15) is 5.10 Å². The molecule has 6 heteroatoms. The first-order chi connectivity index (χ1) is 9.93. The lowest BCUT2D eigenvalue weighted by Crippen LogP contribution is -2.30. The predicted octanol–water partition coefficient (Wildman–Crippen LogP) is 2.59. The van der Waals surface area contributed by atoms with Crippen LogP contribution in [0.2, 0.25) is 0 Å². The number of carbonyl (C=O) groups is 1. The third-order valence-corrected chi connectivity index (χ3v) is 3.24. The van der Waals surface area contributed by atoms with E-state index in [1.807, 2.05) is 20.8 Å². The molecule has 0 saturated heterocycles. The summed E-state index contributed by atoms with van der Waals surface area (Å²) in [5.41, 5.74) is 2.05. The average molecular weight is 290 g/mol. The molecule has 0 bridgehead atoms. The van der Waals surface area contributed by atoms with Crippen LogP contribution in [0.1, 0.15) is 26.5 Å². The maximum atomic E-state index is 13.3. The Morgan fingerprint density at radius 3 is 2.71 bits per heavy atom. The fraction of sp³-hybridized carbons (Fsp3) is 0.400. The number of halogens is 1. The van der Waals surface area contributed by atoms with Crippen LogP contribution in [0.5, 0.6) is 0 Å². The molecule has 0 aliphatic rings. The standard InChI is InChI=1S/C15H19FN4O/c1-5-13-14(19(4)15(21)10(2)3)9-20(18-13)12-6-11(16)7-17-8-12/h6-10H,5H2,1-4H3. The van der Waals surface area contributed by atoms with Crippen molar-refractivity contribution in [3.05, 3.63) is 36.2 Å². The molecule has 5 nitrogen and oxygen atoms in total. The molecule has 112 valence electrons. The highest BCUT2D eigenvalue weighted by Crippen LogP contribution is 2.22. The van der Waals surface area contributed by atoms with Gasteiger partial charge in [0.15, 0.2) is 0 Å². The van der Waals surface area contributed by atoms with Gasteiger partial charge in [0.2, 0.25) is 5.91 Å². The molecule has 0 spiro atoms. The highest BCUT2D eigenvalue weighted by Gasteiger charge is 2.20. The number of aromatic nitrogens is 3. The van der Waals surface area contributed by atoms with Crippen molar-refractivity contribution in [2.45, 2.75) is 27.2 Å². The summed E-state index contributed by atoms with van der Waals surface area (Å²) in [6, 6.07) is 1.35. The molecule has 2 heterocycles. The van der Waals surface area contributed by atoms with Crippen molar-refractivity contribution < 1.29 is 9.18 Å². The predicted molar refractivity (Wildman–Crippen MR) is 78.9 cm³/mol. The van der Waals surface area contributed by atoms with E-state index in [2.05, 4.69) is 10.1 Å². The van der Waals surface area contributed by atoms with Crippen LogP contribution < -0.4 is 4.90 Å². The summed E-state index contributed by atoms with van der Waals surface area (Å²) in [5.74, 6) is -0.505. The maximum Gasteiger partial charge on any atom is 0.229 e. The number of rotatable bonds is 4. The van der Waals surface area contributed by atoms with Crippen molar-refractivity contribution >= 4 is 11.6 Å². The second-order valence-electron chi connectivity index (χ2n) is 5.17. The minimum atomic E-state index is -0.422. The zero-order valence-corrected chi connectivity index (χ0v) is 12.7. The molecule has 1 amide bonds. The average Bonchev–Trinajstić information content (AvgIpc) is 2.89. The second-order valence-corrected chi connectivity index (χ2v) is 5.17. The van der Waals surface area contributed by atoms with Gasteiger partial charge in [0.05, 0.1) is 35.7 Å². The van der Waals surface area contributed by atoms with Gasteiger partial charge in [-0.3, -0.25) is 9.78 Å². The molecule has 0 unspecified atom stereocenters. The molecule has 0 aliphatic carbocycles.